The van der Waals surface area contributed by atoms with Crippen LogP contribution in [-0.2, 0) is 4.79 Å². The van der Waals surface area contributed by atoms with Gasteiger partial charge in [-0.3, -0.25) is 9.78 Å². The van der Waals surface area contributed by atoms with E-state index < -0.39 is 0 Å². The predicted molar refractivity (Wildman–Crippen MR) is 101 cm³/mol. The van der Waals surface area contributed by atoms with Crippen molar-refractivity contribution in [1.29, 1.82) is 5.41 Å². The number of aromatic amines is 1. The Morgan fingerprint density at radius 1 is 1.28 bits per heavy atom. The molecule has 2 heterocycles. The van der Waals surface area contributed by atoms with Crippen LogP contribution in [0.15, 0.2) is 61.2 Å². The van der Waals surface area contributed by atoms with Crippen LogP contribution >= 0.6 is 0 Å². The first-order chi connectivity index (χ1) is 12.2. The van der Waals surface area contributed by atoms with Gasteiger partial charge in [-0.1, -0.05) is 0 Å². The molecule has 0 saturated carbocycles. The van der Waals surface area contributed by atoms with Crippen LogP contribution in [0, 0.1) is 5.41 Å². The van der Waals surface area contributed by atoms with Crippen molar-refractivity contribution in [2.45, 2.75) is 0 Å². The lowest BCUT2D eigenvalue weighted by molar-refractivity contribution is -0.111. The molecule has 3 aromatic rings. The molecule has 1 amide bonds. The minimum absolute atomic E-state index is 0.252. The number of hydrogen-bond acceptors (Lipinski definition) is 4. The smallest absolute Gasteiger partial charge is 0.248 e. The number of carbonyl (C=O) groups excluding carboxylic acids is 1. The van der Waals surface area contributed by atoms with Crippen LogP contribution in [0.4, 0.5) is 5.69 Å². The molecule has 6 heteroatoms. The number of pyridine rings is 1. The Morgan fingerprint density at radius 2 is 2.16 bits per heavy atom. The highest BCUT2D eigenvalue weighted by Gasteiger charge is 2.05. The lowest BCUT2D eigenvalue weighted by Crippen LogP contribution is -2.07. The molecule has 124 valence electrons. The van der Waals surface area contributed by atoms with E-state index in [1.807, 2.05) is 30.5 Å². The summed E-state index contributed by atoms with van der Waals surface area (Å²) in [4.78, 5) is 19.3. The number of H-pyrrole nitrogens is 1. The van der Waals surface area contributed by atoms with E-state index in [0.717, 1.165) is 22.2 Å². The molecule has 0 atom stereocenters. The molecule has 0 aliphatic rings. The number of allylic oxidation sites excluding steroid dienone is 1. The monoisotopic (exact) mass is 331 g/mol. The maximum Gasteiger partial charge on any atom is 0.248 e. The van der Waals surface area contributed by atoms with Gasteiger partial charge in [0.1, 0.15) is 0 Å². The number of nitrogens with zero attached hydrogens (tertiary/aromatic N) is 1. The third-order valence-corrected chi connectivity index (χ3v) is 3.73. The van der Waals surface area contributed by atoms with Crippen molar-refractivity contribution in [2.75, 3.05) is 5.32 Å². The maximum atomic E-state index is 12.2. The maximum absolute atomic E-state index is 12.2. The van der Waals surface area contributed by atoms with Crippen molar-refractivity contribution in [3.05, 3.63) is 72.3 Å². The van der Waals surface area contributed by atoms with E-state index in [2.05, 4.69) is 15.3 Å². The molecule has 3 rings (SSSR count). The molecular formula is C19H17N5O. The fraction of sp³-hybridized carbons (Fsp3) is 0. The van der Waals surface area contributed by atoms with Crippen molar-refractivity contribution >= 4 is 40.4 Å². The Labute approximate surface area is 144 Å². The summed E-state index contributed by atoms with van der Waals surface area (Å²) in [6.07, 6.45) is 10.7. The van der Waals surface area contributed by atoms with Gasteiger partial charge in [-0.05, 0) is 42.0 Å². The average molecular weight is 331 g/mol. The number of rotatable bonds is 5. The molecule has 0 saturated heterocycles. The summed E-state index contributed by atoms with van der Waals surface area (Å²) in [7, 11) is 0. The minimum Gasteiger partial charge on any atom is -0.404 e. The number of carbonyl (C=O) groups is 1. The van der Waals surface area contributed by atoms with E-state index in [9.17, 15) is 4.79 Å². The molecule has 0 spiro atoms. The molecule has 0 bridgehead atoms. The van der Waals surface area contributed by atoms with Gasteiger partial charge in [0.05, 0.1) is 0 Å². The molecule has 25 heavy (non-hydrogen) atoms. The zero-order valence-corrected chi connectivity index (χ0v) is 13.4. The molecule has 2 aromatic heterocycles. The summed E-state index contributed by atoms with van der Waals surface area (Å²) in [6, 6.07) is 9.35. The Balaban J connectivity index is 1.77. The van der Waals surface area contributed by atoms with Crippen LogP contribution < -0.4 is 11.1 Å². The van der Waals surface area contributed by atoms with Gasteiger partial charge in [0.25, 0.3) is 0 Å². The Morgan fingerprint density at radius 3 is 2.96 bits per heavy atom. The summed E-state index contributed by atoms with van der Waals surface area (Å²) < 4.78 is 0. The Kier molecular flexibility index (Phi) is 4.71. The Bertz CT molecular complexity index is 984. The van der Waals surface area contributed by atoms with Crippen molar-refractivity contribution < 1.29 is 4.79 Å². The zero-order valence-electron chi connectivity index (χ0n) is 13.4. The third kappa shape index (κ3) is 3.64. The number of amides is 1. The molecule has 6 nitrogen and oxygen atoms in total. The highest BCUT2D eigenvalue weighted by molar-refractivity contribution is 6.10. The Hall–Kier alpha value is -3.67. The molecular weight excluding hydrogens is 314 g/mol. The van der Waals surface area contributed by atoms with E-state index >= 15 is 0 Å². The van der Waals surface area contributed by atoms with Crippen molar-refractivity contribution in [3.63, 3.8) is 0 Å². The largest absolute Gasteiger partial charge is 0.404 e. The van der Waals surface area contributed by atoms with Crippen LogP contribution in [0.3, 0.4) is 0 Å². The number of hydrogen-bond donors (Lipinski definition) is 4. The standard InChI is InChI=1S/C19H17N5O/c20-10-15(11-21)17-6-7-22-12-14(17)1-4-19(25)24-16-2-3-18-13(9-16)5-8-23-18/h1-12,20,23H,21H2,(H,24,25)/b4-1+,15-11?,20-10?. The SMILES string of the molecule is N=CC(=CN)c1ccncc1/C=C/C(=O)Nc1ccc2[nH]ccc2c1. The van der Waals surface area contributed by atoms with E-state index in [1.54, 1.807) is 24.5 Å². The van der Waals surface area contributed by atoms with Crippen LogP contribution in [0.5, 0.6) is 0 Å². The summed E-state index contributed by atoms with van der Waals surface area (Å²) >= 11 is 0. The second-order valence-electron chi connectivity index (χ2n) is 5.33. The third-order valence-electron chi connectivity index (χ3n) is 3.73. The quantitative estimate of drug-likeness (QED) is 0.426. The number of anilines is 1. The van der Waals surface area contributed by atoms with Gasteiger partial charge < -0.3 is 21.4 Å². The lowest BCUT2D eigenvalue weighted by atomic mass is 10.0. The minimum atomic E-state index is -0.252. The van der Waals surface area contributed by atoms with Gasteiger partial charge in [-0.15, -0.1) is 0 Å². The molecule has 0 aliphatic carbocycles. The summed E-state index contributed by atoms with van der Waals surface area (Å²) in [5.74, 6) is -0.252. The number of aromatic nitrogens is 2. The molecule has 0 radical (unpaired) electrons. The van der Waals surface area contributed by atoms with Crippen LogP contribution in [0.25, 0.3) is 22.6 Å². The normalized spacial score (nSPS) is 11.8. The average Bonchev–Trinajstić information content (AvgIpc) is 3.10. The molecule has 0 fully saturated rings. The fourth-order valence-electron chi connectivity index (χ4n) is 2.50. The lowest BCUT2D eigenvalue weighted by Gasteiger charge is -2.05. The molecule has 5 N–H and O–H groups in total. The second-order valence-corrected chi connectivity index (χ2v) is 5.33. The first kappa shape index (κ1) is 16.2. The van der Waals surface area contributed by atoms with Crippen molar-refractivity contribution in [3.8, 4) is 0 Å². The molecule has 1 aromatic carbocycles. The zero-order chi connectivity index (χ0) is 17.6. The summed E-state index contributed by atoms with van der Waals surface area (Å²) in [5.41, 5.74) is 9.28. The highest BCUT2D eigenvalue weighted by atomic mass is 16.1. The van der Waals surface area contributed by atoms with Crippen molar-refractivity contribution in [1.82, 2.24) is 9.97 Å². The van der Waals surface area contributed by atoms with E-state index in [0.29, 0.717) is 11.1 Å². The van der Waals surface area contributed by atoms with Gasteiger partial charge in [0.2, 0.25) is 5.91 Å². The molecule has 0 unspecified atom stereocenters. The highest BCUT2D eigenvalue weighted by Crippen LogP contribution is 2.19. The number of nitrogens with two attached hydrogens (primary N) is 1. The van der Waals surface area contributed by atoms with Crippen LogP contribution in [0.1, 0.15) is 11.1 Å². The first-order valence-corrected chi connectivity index (χ1v) is 7.64. The topological polar surface area (TPSA) is 108 Å². The fourth-order valence-corrected chi connectivity index (χ4v) is 2.50. The van der Waals surface area contributed by atoms with Gasteiger partial charge in [-0.2, -0.15) is 0 Å². The van der Waals surface area contributed by atoms with E-state index in [-0.39, 0.29) is 5.91 Å². The summed E-state index contributed by atoms with van der Waals surface area (Å²) in [5, 5.41) is 11.3. The number of fused-ring (bicyclic) bond motifs is 1. The summed E-state index contributed by atoms with van der Waals surface area (Å²) in [6.45, 7) is 0. The predicted octanol–water partition coefficient (Wildman–Crippen LogP) is 3.16. The van der Waals surface area contributed by atoms with Gasteiger partial charge in [0, 0.05) is 64.8 Å². The van der Waals surface area contributed by atoms with Crippen LogP contribution in [-0.4, -0.2) is 22.1 Å². The van der Waals surface area contributed by atoms with Gasteiger partial charge in [0.15, 0.2) is 0 Å². The van der Waals surface area contributed by atoms with Gasteiger partial charge in [-0.25, -0.2) is 0 Å². The van der Waals surface area contributed by atoms with Crippen molar-refractivity contribution in [2.24, 2.45) is 5.73 Å². The second kappa shape index (κ2) is 7.27. The molecule has 0 aliphatic heterocycles. The first-order valence-electron chi connectivity index (χ1n) is 7.64. The van der Waals surface area contributed by atoms with Gasteiger partial charge >= 0.3 is 0 Å². The number of nitrogens with one attached hydrogen (secondary N) is 3. The number of benzene rings is 1. The van der Waals surface area contributed by atoms with E-state index in [4.69, 9.17) is 11.1 Å². The van der Waals surface area contributed by atoms with Crippen LogP contribution in [0.2, 0.25) is 0 Å². The van der Waals surface area contributed by atoms with E-state index in [1.165, 1.54) is 18.5 Å².